The molecular weight excluding hydrogens is 378 g/mol. The molecule has 0 aliphatic heterocycles. The van der Waals surface area contributed by atoms with E-state index in [-0.39, 0.29) is 17.4 Å². The summed E-state index contributed by atoms with van der Waals surface area (Å²) in [5.41, 5.74) is 0.463. The van der Waals surface area contributed by atoms with Crippen molar-refractivity contribution in [2.45, 2.75) is 26.5 Å². The molecule has 0 saturated heterocycles. The molecule has 2 amide bonds. The minimum atomic E-state index is -2.99. The molecule has 0 saturated carbocycles. The van der Waals surface area contributed by atoms with Gasteiger partial charge in [-0.1, -0.05) is 6.07 Å². The number of carbonyl (C=O) groups is 3. The third kappa shape index (κ3) is 8.02. The van der Waals surface area contributed by atoms with Gasteiger partial charge in [-0.2, -0.15) is 8.78 Å². The van der Waals surface area contributed by atoms with E-state index >= 15 is 0 Å². The van der Waals surface area contributed by atoms with Crippen molar-refractivity contribution in [3.05, 3.63) is 29.8 Å². The van der Waals surface area contributed by atoms with Crippen LogP contribution in [0.3, 0.4) is 0 Å². The van der Waals surface area contributed by atoms with Crippen LogP contribution in [0.5, 0.6) is 11.5 Å². The molecule has 28 heavy (non-hydrogen) atoms. The SMILES string of the molecule is CCNC(=O)[C@@H](C)NC(=O)COC(=O)/C=C/c1ccc(OC(F)F)c(OC)c1. The first-order chi connectivity index (χ1) is 13.3. The summed E-state index contributed by atoms with van der Waals surface area (Å²) in [6.45, 7) is 0.123. The lowest BCUT2D eigenvalue weighted by molar-refractivity contribution is -0.144. The number of carbonyl (C=O) groups excluding carboxylic acids is 3. The van der Waals surface area contributed by atoms with Gasteiger partial charge in [0.05, 0.1) is 7.11 Å². The van der Waals surface area contributed by atoms with Crippen molar-refractivity contribution < 1.29 is 37.4 Å². The number of esters is 1. The van der Waals surface area contributed by atoms with E-state index in [4.69, 9.17) is 9.47 Å². The van der Waals surface area contributed by atoms with Gasteiger partial charge in [-0.25, -0.2) is 4.79 Å². The highest BCUT2D eigenvalue weighted by Gasteiger charge is 2.15. The zero-order valence-corrected chi connectivity index (χ0v) is 15.7. The van der Waals surface area contributed by atoms with Crippen LogP contribution in [0.1, 0.15) is 19.4 Å². The maximum Gasteiger partial charge on any atom is 0.387 e. The van der Waals surface area contributed by atoms with Crippen LogP contribution in [0.4, 0.5) is 8.78 Å². The van der Waals surface area contributed by atoms with Gasteiger partial charge >= 0.3 is 12.6 Å². The van der Waals surface area contributed by atoms with Crippen molar-refractivity contribution >= 4 is 23.9 Å². The smallest absolute Gasteiger partial charge is 0.387 e. The monoisotopic (exact) mass is 400 g/mol. The van der Waals surface area contributed by atoms with E-state index in [0.717, 1.165) is 6.08 Å². The van der Waals surface area contributed by atoms with E-state index < -0.39 is 31.1 Å². The second-order valence-electron chi connectivity index (χ2n) is 5.41. The van der Waals surface area contributed by atoms with Crippen LogP contribution in [0.15, 0.2) is 24.3 Å². The van der Waals surface area contributed by atoms with Crippen LogP contribution < -0.4 is 20.1 Å². The summed E-state index contributed by atoms with van der Waals surface area (Å²) in [7, 11) is 1.29. The number of hydrogen-bond acceptors (Lipinski definition) is 6. The summed E-state index contributed by atoms with van der Waals surface area (Å²) >= 11 is 0. The summed E-state index contributed by atoms with van der Waals surface area (Å²) in [4.78, 5) is 34.9. The number of amides is 2. The van der Waals surface area contributed by atoms with E-state index in [9.17, 15) is 23.2 Å². The normalized spacial score (nSPS) is 11.8. The highest BCUT2D eigenvalue weighted by Crippen LogP contribution is 2.29. The Kier molecular flexibility index (Phi) is 9.41. The van der Waals surface area contributed by atoms with Gasteiger partial charge in [0.2, 0.25) is 5.91 Å². The Bertz CT molecular complexity index is 724. The van der Waals surface area contributed by atoms with Crippen LogP contribution in [-0.2, 0) is 19.1 Å². The minimum Gasteiger partial charge on any atom is -0.493 e. The first-order valence-electron chi connectivity index (χ1n) is 8.31. The Morgan fingerprint density at radius 2 is 1.93 bits per heavy atom. The topological polar surface area (TPSA) is 103 Å². The fourth-order valence-corrected chi connectivity index (χ4v) is 2.01. The molecule has 1 aromatic rings. The quantitative estimate of drug-likeness (QED) is 0.456. The van der Waals surface area contributed by atoms with Gasteiger partial charge in [0, 0.05) is 12.6 Å². The van der Waals surface area contributed by atoms with Gasteiger partial charge < -0.3 is 24.8 Å². The number of halogens is 2. The molecule has 10 heteroatoms. The van der Waals surface area contributed by atoms with E-state index in [2.05, 4.69) is 15.4 Å². The lowest BCUT2D eigenvalue weighted by Crippen LogP contribution is -2.46. The molecule has 1 atom stereocenters. The van der Waals surface area contributed by atoms with Crippen molar-refractivity contribution in [1.29, 1.82) is 0 Å². The van der Waals surface area contributed by atoms with Crippen LogP contribution in [0, 0.1) is 0 Å². The summed E-state index contributed by atoms with van der Waals surface area (Å²) in [5, 5.41) is 4.93. The summed E-state index contributed by atoms with van der Waals surface area (Å²) in [6.07, 6.45) is 2.41. The Balaban J connectivity index is 2.55. The number of methoxy groups -OCH3 is 1. The third-order valence-corrected chi connectivity index (χ3v) is 3.28. The Morgan fingerprint density at radius 1 is 1.21 bits per heavy atom. The highest BCUT2D eigenvalue weighted by atomic mass is 19.3. The zero-order valence-electron chi connectivity index (χ0n) is 15.7. The molecule has 0 radical (unpaired) electrons. The number of rotatable bonds is 10. The third-order valence-electron chi connectivity index (χ3n) is 3.28. The molecule has 1 rings (SSSR count). The van der Waals surface area contributed by atoms with Crippen LogP contribution in [0.25, 0.3) is 6.08 Å². The molecule has 0 aliphatic carbocycles. The lowest BCUT2D eigenvalue weighted by Gasteiger charge is -2.13. The first-order valence-corrected chi connectivity index (χ1v) is 8.31. The van der Waals surface area contributed by atoms with E-state index in [0.29, 0.717) is 12.1 Å². The molecule has 0 unspecified atom stereocenters. The number of hydrogen-bond donors (Lipinski definition) is 2. The number of likely N-dealkylation sites (N-methyl/N-ethyl adjacent to an activating group) is 1. The average Bonchev–Trinajstić information content (AvgIpc) is 2.65. The van der Waals surface area contributed by atoms with Gasteiger partial charge in [0.25, 0.3) is 5.91 Å². The highest BCUT2D eigenvalue weighted by molar-refractivity contribution is 5.91. The summed E-state index contributed by atoms with van der Waals surface area (Å²) in [6, 6.07) is 3.34. The molecule has 2 N–H and O–H groups in total. The second-order valence-corrected chi connectivity index (χ2v) is 5.41. The molecule has 0 aliphatic rings. The minimum absolute atomic E-state index is 0.0644. The molecule has 0 bridgehead atoms. The Labute approximate surface area is 160 Å². The fraction of sp³-hybridized carbons (Fsp3) is 0.389. The zero-order chi connectivity index (χ0) is 21.1. The van der Waals surface area contributed by atoms with Crippen molar-refractivity contribution in [2.24, 2.45) is 0 Å². The van der Waals surface area contributed by atoms with Crippen LogP contribution in [0.2, 0.25) is 0 Å². The lowest BCUT2D eigenvalue weighted by atomic mass is 10.2. The maximum absolute atomic E-state index is 12.3. The largest absolute Gasteiger partial charge is 0.493 e. The Morgan fingerprint density at radius 3 is 2.54 bits per heavy atom. The molecular formula is C18H22F2N2O6. The van der Waals surface area contributed by atoms with E-state index in [1.165, 1.54) is 38.3 Å². The van der Waals surface area contributed by atoms with Crippen molar-refractivity contribution in [3.8, 4) is 11.5 Å². The number of nitrogens with one attached hydrogen (secondary N) is 2. The van der Waals surface area contributed by atoms with Crippen molar-refractivity contribution in [2.75, 3.05) is 20.3 Å². The molecule has 0 spiro atoms. The van der Waals surface area contributed by atoms with Gasteiger partial charge in [0.15, 0.2) is 18.1 Å². The van der Waals surface area contributed by atoms with E-state index in [1.807, 2.05) is 0 Å². The fourth-order valence-electron chi connectivity index (χ4n) is 2.01. The molecule has 0 aromatic heterocycles. The summed E-state index contributed by atoms with van der Waals surface area (Å²) < 4.78 is 38.6. The van der Waals surface area contributed by atoms with Gasteiger partial charge in [0.1, 0.15) is 6.04 Å². The molecule has 8 nitrogen and oxygen atoms in total. The second kappa shape index (κ2) is 11.5. The van der Waals surface area contributed by atoms with Gasteiger partial charge in [-0.15, -0.1) is 0 Å². The number of benzene rings is 1. The maximum atomic E-state index is 12.3. The standard InChI is InChI=1S/C18H22F2N2O6/c1-4-21-17(25)11(2)22-15(23)10-27-16(24)8-6-12-5-7-13(28-18(19)20)14(9-12)26-3/h5-9,11,18H,4,10H2,1-3H3,(H,21,25)(H,22,23)/b8-6+/t11-/m1/s1. The average molecular weight is 400 g/mol. The number of ether oxygens (including phenoxy) is 3. The Hall–Kier alpha value is -3.17. The first kappa shape index (κ1) is 22.9. The van der Waals surface area contributed by atoms with Crippen molar-refractivity contribution in [3.63, 3.8) is 0 Å². The van der Waals surface area contributed by atoms with Gasteiger partial charge in [-0.3, -0.25) is 9.59 Å². The molecule has 1 aromatic carbocycles. The predicted molar refractivity (Wildman–Crippen MR) is 95.9 cm³/mol. The molecule has 0 heterocycles. The van der Waals surface area contributed by atoms with Crippen LogP contribution in [-0.4, -0.2) is 50.7 Å². The summed E-state index contributed by atoms with van der Waals surface area (Å²) in [5.74, 6) is -1.86. The number of alkyl halides is 2. The predicted octanol–water partition coefficient (Wildman–Crippen LogP) is 1.49. The van der Waals surface area contributed by atoms with Crippen LogP contribution >= 0.6 is 0 Å². The van der Waals surface area contributed by atoms with Crippen molar-refractivity contribution in [1.82, 2.24) is 10.6 Å². The van der Waals surface area contributed by atoms with Gasteiger partial charge in [-0.05, 0) is 37.6 Å². The van der Waals surface area contributed by atoms with E-state index in [1.54, 1.807) is 6.92 Å². The molecule has 154 valence electrons. The molecule has 0 fully saturated rings.